The second kappa shape index (κ2) is 7.38. The van der Waals surface area contributed by atoms with Crippen LogP contribution in [0.2, 0.25) is 0 Å². The SMILES string of the molecule is CSc1ccc2c(c1)sc(=NC(=O)CS(=O)(=O)c1ccc(C)cc1)n2C. The highest BCUT2D eigenvalue weighted by atomic mass is 32.2. The summed E-state index contributed by atoms with van der Waals surface area (Å²) in [5.74, 6) is -1.31. The third kappa shape index (κ3) is 3.92. The lowest BCUT2D eigenvalue weighted by Crippen LogP contribution is -2.19. The maximum atomic E-state index is 12.4. The second-order valence-corrected chi connectivity index (χ2v) is 9.73. The highest BCUT2D eigenvalue weighted by molar-refractivity contribution is 7.98. The van der Waals surface area contributed by atoms with Crippen molar-refractivity contribution in [3.63, 3.8) is 0 Å². The van der Waals surface area contributed by atoms with Gasteiger partial charge in [0.15, 0.2) is 14.6 Å². The van der Waals surface area contributed by atoms with E-state index in [-0.39, 0.29) is 4.90 Å². The van der Waals surface area contributed by atoms with Crippen molar-refractivity contribution in [3.8, 4) is 0 Å². The molecule has 136 valence electrons. The zero-order chi connectivity index (χ0) is 18.9. The first-order valence-corrected chi connectivity index (χ1v) is 11.5. The molecule has 0 atom stereocenters. The van der Waals surface area contributed by atoms with Crippen LogP contribution in [0.1, 0.15) is 5.56 Å². The first-order valence-electron chi connectivity index (χ1n) is 7.81. The molecule has 0 fully saturated rings. The van der Waals surface area contributed by atoms with Crippen LogP contribution in [0.5, 0.6) is 0 Å². The Bertz CT molecular complexity index is 1140. The zero-order valence-corrected chi connectivity index (χ0v) is 17.0. The van der Waals surface area contributed by atoms with Crippen LogP contribution in [-0.2, 0) is 21.7 Å². The molecule has 0 unspecified atom stereocenters. The molecule has 0 aliphatic heterocycles. The number of aromatic nitrogens is 1. The van der Waals surface area contributed by atoms with Gasteiger partial charge in [0.25, 0.3) is 5.91 Å². The Morgan fingerprint density at radius 1 is 1.19 bits per heavy atom. The van der Waals surface area contributed by atoms with Crippen molar-refractivity contribution in [2.24, 2.45) is 12.0 Å². The Kier molecular flexibility index (Phi) is 5.36. The van der Waals surface area contributed by atoms with E-state index in [0.717, 1.165) is 20.7 Å². The summed E-state index contributed by atoms with van der Waals surface area (Å²) >= 11 is 3.01. The fourth-order valence-corrected chi connectivity index (χ4v) is 5.17. The third-order valence-electron chi connectivity index (χ3n) is 3.93. The van der Waals surface area contributed by atoms with Gasteiger partial charge in [-0.2, -0.15) is 4.99 Å². The quantitative estimate of drug-likeness (QED) is 0.624. The third-order valence-corrected chi connectivity index (χ3v) is 7.37. The van der Waals surface area contributed by atoms with E-state index in [1.807, 2.05) is 38.4 Å². The number of hydrogen-bond donors (Lipinski definition) is 0. The van der Waals surface area contributed by atoms with Gasteiger partial charge in [-0.3, -0.25) is 4.79 Å². The van der Waals surface area contributed by atoms with Crippen LogP contribution in [0.25, 0.3) is 10.2 Å². The van der Waals surface area contributed by atoms with Crippen LogP contribution in [0.3, 0.4) is 0 Å². The summed E-state index contributed by atoms with van der Waals surface area (Å²) in [6, 6.07) is 12.5. The number of thiazole rings is 1. The molecule has 0 saturated heterocycles. The minimum absolute atomic E-state index is 0.136. The number of thioether (sulfide) groups is 1. The van der Waals surface area contributed by atoms with Crippen molar-refractivity contribution in [2.75, 3.05) is 12.0 Å². The highest BCUT2D eigenvalue weighted by Crippen LogP contribution is 2.23. The van der Waals surface area contributed by atoms with Crippen molar-refractivity contribution in [1.29, 1.82) is 0 Å². The Balaban J connectivity index is 1.92. The molecule has 5 nitrogen and oxygen atoms in total. The molecule has 0 N–H and O–H groups in total. The lowest BCUT2D eigenvalue weighted by molar-refractivity contribution is -0.115. The Hall–Kier alpha value is -1.90. The second-order valence-electron chi connectivity index (χ2n) is 5.85. The lowest BCUT2D eigenvalue weighted by Gasteiger charge is -2.02. The maximum absolute atomic E-state index is 12.4. The number of rotatable bonds is 4. The van der Waals surface area contributed by atoms with E-state index in [9.17, 15) is 13.2 Å². The molecule has 0 radical (unpaired) electrons. The van der Waals surface area contributed by atoms with Crippen LogP contribution in [-0.4, -0.2) is 30.9 Å². The normalized spacial score (nSPS) is 12.7. The molecule has 0 spiro atoms. The first kappa shape index (κ1) is 18.9. The summed E-state index contributed by atoms with van der Waals surface area (Å²) in [5.41, 5.74) is 1.92. The standard InChI is InChI=1S/C18H18N2O3S3/c1-12-4-7-14(8-5-12)26(22,23)11-17(21)19-18-20(2)15-9-6-13(24-3)10-16(15)25-18/h4-10H,11H2,1-3H3. The number of fused-ring (bicyclic) bond motifs is 1. The van der Waals surface area contributed by atoms with E-state index >= 15 is 0 Å². The van der Waals surface area contributed by atoms with Crippen molar-refractivity contribution in [1.82, 2.24) is 4.57 Å². The molecule has 2 aromatic carbocycles. The molecular formula is C18H18N2O3S3. The van der Waals surface area contributed by atoms with Crippen LogP contribution < -0.4 is 4.80 Å². The van der Waals surface area contributed by atoms with E-state index in [2.05, 4.69) is 4.99 Å². The number of nitrogens with zero attached hydrogens (tertiary/aromatic N) is 2. The van der Waals surface area contributed by atoms with Gasteiger partial charge in [0, 0.05) is 11.9 Å². The molecular weight excluding hydrogens is 388 g/mol. The van der Waals surface area contributed by atoms with Crippen LogP contribution in [0, 0.1) is 6.92 Å². The lowest BCUT2D eigenvalue weighted by atomic mass is 10.2. The molecule has 0 bridgehead atoms. The minimum Gasteiger partial charge on any atom is -0.319 e. The Morgan fingerprint density at radius 2 is 1.88 bits per heavy atom. The van der Waals surface area contributed by atoms with Crippen molar-refractivity contribution >= 4 is 49.1 Å². The predicted octanol–water partition coefficient (Wildman–Crippen LogP) is 3.17. The molecule has 1 heterocycles. The molecule has 1 amide bonds. The number of sulfone groups is 1. The number of hydrogen-bond acceptors (Lipinski definition) is 5. The van der Waals surface area contributed by atoms with E-state index in [1.165, 1.54) is 23.5 Å². The Labute approximate surface area is 160 Å². The topological polar surface area (TPSA) is 68.5 Å². The van der Waals surface area contributed by atoms with Gasteiger partial charge in [0.05, 0.1) is 15.1 Å². The van der Waals surface area contributed by atoms with Crippen LogP contribution in [0.4, 0.5) is 0 Å². The molecule has 0 aliphatic rings. The molecule has 26 heavy (non-hydrogen) atoms. The summed E-state index contributed by atoms with van der Waals surface area (Å²) in [5, 5.41) is 0. The van der Waals surface area contributed by atoms with Gasteiger partial charge in [-0.15, -0.1) is 11.8 Å². The average Bonchev–Trinajstić information content (AvgIpc) is 2.89. The summed E-state index contributed by atoms with van der Waals surface area (Å²) in [6.07, 6.45) is 2.00. The molecule has 0 saturated carbocycles. The van der Waals surface area contributed by atoms with Crippen molar-refractivity contribution in [2.45, 2.75) is 16.7 Å². The molecule has 1 aromatic heterocycles. The van der Waals surface area contributed by atoms with Gasteiger partial charge in [0.1, 0.15) is 5.75 Å². The summed E-state index contributed by atoms with van der Waals surface area (Å²) in [7, 11) is -1.88. The molecule has 8 heteroatoms. The zero-order valence-electron chi connectivity index (χ0n) is 14.6. The molecule has 3 rings (SSSR count). The predicted molar refractivity (Wildman–Crippen MR) is 106 cm³/mol. The van der Waals surface area contributed by atoms with Gasteiger partial charge in [0.2, 0.25) is 0 Å². The summed E-state index contributed by atoms with van der Waals surface area (Å²) in [4.78, 5) is 18.0. The van der Waals surface area contributed by atoms with E-state index in [1.54, 1.807) is 28.5 Å². The summed E-state index contributed by atoms with van der Waals surface area (Å²) < 4.78 is 27.6. The number of benzene rings is 2. The molecule has 0 aliphatic carbocycles. The van der Waals surface area contributed by atoms with Gasteiger partial charge in [-0.25, -0.2) is 8.42 Å². The summed E-state index contributed by atoms with van der Waals surface area (Å²) in [6.45, 7) is 1.88. The van der Waals surface area contributed by atoms with E-state index in [4.69, 9.17) is 0 Å². The largest absolute Gasteiger partial charge is 0.319 e. The Morgan fingerprint density at radius 3 is 2.54 bits per heavy atom. The van der Waals surface area contributed by atoms with Gasteiger partial charge in [-0.1, -0.05) is 29.0 Å². The van der Waals surface area contributed by atoms with Crippen LogP contribution >= 0.6 is 23.1 Å². The number of carbonyl (C=O) groups excluding carboxylic acids is 1. The highest BCUT2D eigenvalue weighted by Gasteiger charge is 2.19. The van der Waals surface area contributed by atoms with Gasteiger partial charge < -0.3 is 4.57 Å². The van der Waals surface area contributed by atoms with E-state index in [0.29, 0.717) is 4.80 Å². The monoisotopic (exact) mass is 406 g/mol. The smallest absolute Gasteiger partial charge is 0.263 e. The first-order chi connectivity index (χ1) is 12.3. The van der Waals surface area contributed by atoms with Gasteiger partial charge in [-0.05, 0) is 43.5 Å². The molecule has 3 aromatic rings. The number of aryl methyl sites for hydroxylation is 2. The van der Waals surface area contributed by atoms with Crippen molar-refractivity contribution < 1.29 is 13.2 Å². The number of carbonyl (C=O) groups is 1. The van der Waals surface area contributed by atoms with Gasteiger partial charge >= 0.3 is 0 Å². The number of amides is 1. The maximum Gasteiger partial charge on any atom is 0.263 e. The fraction of sp³-hybridized carbons (Fsp3) is 0.222. The van der Waals surface area contributed by atoms with E-state index < -0.39 is 21.5 Å². The average molecular weight is 407 g/mol. The van der Waals surface area contributed by atoms with Crippen molar-refractivity contribution in [3.05, 3.63) is 52.8 Å². The minimum atomic E-state index is -3.70. The fourth-order valence-electron chi connectivity index (χ4n) is 2.48. The van der Waals surface area contributed by atoms with Crippen LogP contribution in [0.15, 0.2) is 57.2 Å².